The zero-order chi connectivity index (χ0) is 26.8. The SMILES string of the molecule is CCN(CC)c1nc(-c2ccccc2)c(C2=C([O-])/C(=C3/SC([NH+](CC)CC)N=C3c3ccccc3)C2=O)s1. The zero-order valence-electron chi connectivity index (χ0n) is 22.2. The minimum absolute atomic E-state index is 0.0788. The highest BCUT2D eigenvalue weighted by Gasteiger charge is 2.40. The second kappa shape index (κ2) is 11.3. The molecule has 2 aliphatic rings. The number of anilines is 1. The number of nitrogens with zero attached hydrogens (tertiary/aromatic N) is 3. The summed E-state index contributed by atoms with van der Waals surface area (Å²) in [5, 5.41) is 14.7. The van der Waals surface area contributed by atoms with E-state index in [1.807, 2.05) is 60.7 Å². The molecule has 0 saturated heterocycles. The van der Waals surface area contributed by atoms with Gasteiger partial charge in [-0.25, -0.2) is 9.98 Å². The van der Waals surface area contributed by atoms with E-state index in [4.69, 9.17) is 9.98 Å². The lowest BCUT2D eigenvalue weighted by Crippen LogP contribution is -3.14. The molecular formula is C30H32N4O2S2. The summed E-state index contributed by atoms with van der Waals surface area (Å²) < 4.78 is 0. The Morgan fingerprint density at radius 2 is 1.50 bits per heavy atom. The van der Waals surface area contributed by atoms with Crippen LogP contribution in [0.2, 0.25) is 0 Å². The number of Topliss-reactive ketones (excluding diaryl/α,β-unsaturated/α-hetero) is 1. The van der Waals surface area contributed by atoms with Crippen LogP contribution in [-0.2, 0) is 4.79 Å². The molecule has 1 N–H and O–H groups in total. The number of carbonyl (C=O) groups is 1. The lowest BCUT2D eigenvalue weighted by Gasteiger charge is -2.32. The highest BCUT2D eigenvalue weighted by Crippen LogP contribution is 2.48. The van der Waals surface area contributed by atoms with Gasteiger partial charge in [0, 0.05) is 35.4 Å². The first kappa shape index (κ1) is 26.4. The van der Waals surface area contributed by atoms with Crippen LogP contribution < -0.4 is 14.9 Å². The number of quaternary nitrogens is 1. The van der Waals surface area contributed by atoms with Crippen molar-refractivity contribution in [3.63, 3.8) is 0 Å². The number of rotatable bonds is 9. The van der Waals surface area contributed by atoms with Gasteiger partial charge in [-0.3, -0.25) is 4.79 Å². The lowest BCUT2D eigenvalue weighted by atomic mass is 9.84. The Morgan fingerprint density at radius 3 is 2.05 bits per heavy atom. The Labute approximate surface area is 232 Å². The first-order valence-corrected chi connectivity index (χ1v) is 14.9. The third-order valence-electron chi connectivity index (χ3n) is 7.06. The molecule has 196 valence electrons. The van der Waals surface area contributed by atoms with Crippen LogP contribution >= 0.6 is 23.1 Å². The van der Waals surface area contributed by atoms with Gasteiger partial charge in [0.15, 0.2) is 10.9 Å². The van der Waals surface area contributed by atoms with Crippen LogP contribution in [0.15, 0.2) is 81.9 Å². The molecule has 3 aromatic rings. The van der Waals surface area contributed by atoms with E-state index in [2.05, 4.69) is 32.6 Å². The maximum absolute atomic E-state index is 13.8. The minimum atomic E-state index is -0.205. The van der Waals surface area contributed by atoms with Crippen molar-refractivity contribution in [3.05, 3.63) is 87.3 Å². The molecule has 0 saturated carbocycles. The van der Waals surface area contributed by atoms with Crippen LogP contribution in [0.1, 0.15) is 38.1 Å². The van der Waals surface area contributed by atoms with Gasteiger partial charge in [-0.05, 0) is 39.5 Å². The van der Waals surface area contributed by atoms with Gasteiger partial charge in [-0.2, -0.15) is 0 Å². The molecule has 1 aromatic heterocycles. The molecule has 1 aliphatic heterocycles. The summed E-state index contributed by atoms with van der Waals surface area (Å²) in [6.07, 6.45) is 0. The molecule has 2 aromatic carbocycles. The van der Waals surface area contributed by atoms with Crippen molar-refractivity contribution >= 4 is 45.3 Å². The predicted molar refractivity (Wildman–Crippen MR) is 156 cm³/mol. The van der Waals surface area contributed by atoms with Crippen LogP contribution in [-0.4, -0.2) is 48.2 Å². The lowest BCUT2D eigenvalue weighted by molar-refractivity contribution is -0.905. The number of thiazole rings is 1. The van der Waals surface area contributed by atoms with Crippen molar-refractivity contribution in [1.29, 1.82) is 0 Å². The fourth-order valence-corrected chi connectivity index (χ4v) is 7.55. The number of nitrogens with one attached hydrogen (secondary N) is 1. The molecular weight excluding hydrogens is 512 g/mol. The number of aliphatic imine (C=N–C) groups is 1. The molecule has 0 radical (unpaired) electrons. The summed E-state index contributed by atoms with van der Waals surface area (Å²) in [6.45, 7) is 11.9. The van der Waals surface area contributed by atoms with Gasteiger partial charge in [0.25, 0.3) is 0 Å². The van der Waals surface area contributed by atoms with Crippen molar-refractivity contribution in [1.82, 2.24) is 4.98 Å². The monoisotopic (exact) mass is 544 g/mol. The molecule has 0 spiro atoms. The fourth-order valence-electron chi connectivity index (χ4n) is 4.83. The second-order valence-corrected chi connectivity index (χ2v) is 11.2. The summed E-state index contributed by atoms with van der Waals surface area (Å²) in [7, 11) is 0. The maximum atomic E-state index is 13.8. The normalized spacial score (nSPS) is 19.2. The number of hydrogen-bond donors (Lipinski definition) is 1. The van der Waals surface area contributed by atoms with E-state index in [1.54, 1.807) is 11.8 Å². The van der Waals surface area contributed by atoms with Crippen molar-refractivity contribution in [2.24, 2.45) is 4.99 Å². The molecule has 38 heavy (non-hydrogen) atoms. The molecule has 6 nitrogen and oxygen atoms in total. The van der Waals surface area contributed by atoms with Gasteiger partial charge in [0.05, 0.1) is 34.3 Å². The summed E-state index contributed by atoms with van der Waals surface area (Å²) in [5.41, 5.74) is 3.69. The van der Waals surface area contributed by atoms with E-state index in [1.165, 1.54) is 16.2 Å². The van der Waals surface area contributed by atoms with E-state index in [-0.39, 0.29) is 28.2 Å². The van der Waals surface area contributed by atoms with E-state index in [9.17, 15) is 9.90 Å². The Bertz CT molecular complexity index is 1420. The number of benzene rings is 2. The molecule has 1 unspecified atom stereocenters. The van der Waals surface area contributed by atoms with Gasteiger partial charge < -0.3 is 14.9 Å². The van der Waals surface area contributed by atoms with Crippen molar-refractivity contribution in [3.8, 4) is 11.3 Å². The number of carbonyl (C=O) groups excluding carboxylic acids is 1. The topological polar surface area (TPSA) is 73.1 Å². The standard InChI is InChI=1S/C30H32N4O2S2/c1-5-33(6-2)29-31-23(19-15-11-9-12-16-19)27(37-29)21-25(35)22(26(21)36)28-24(20-17-13-10-14-18-20)32-30(38-28)34(7-3)8-4/h9-18,29,35H,5-8H2,1-4H3/b27-21-. The number of hydrogen-bond acceptors (Lipinski definition) is 7. The third-order valence-corrected chi connectivity index (χ3v) is 9.48. The summed E-state index contributed by atoms with van der Waals surface area (Å²) in [5.74, 6) is -0.411. The maximum Gasteiger partial charge on any atom is 0.234 e. The number of thioether (sulfide) groups is 1. The molecule has 5 rings (SSSR count). The van der Waals surface area contributed by atoms with E-state index in [0.717, 1.165) is 48.1 Å². The van der Waals surface area contributed by atoms with E-state index >= 15 is 0 Å². The van der Waals surface area contributed by atoms with Gasteiger partial charge in [-0.15, -0.1) is 0 Å². The third kappa shape index (κ3) is 4.61. The van der Waals surface area contributed by atoms with Gasteiger partial charge >= 0.3 is 0 Å². The average Bonchev–Trinajstić information content (AvgIpc) is 3.56. The van der Waals surface area contributed by atoms with Crippen molar-refractivity contribution in [2.45, 2.75) is 33.2 Å². The van der Waals surface area contributed by atoms with Crippen LogP contribution in [0, 0.1) is 0 Å². The Balaban J connectivity index is 1.64. The predicted octanol–water partition coefficient (Wildman–Crippen LogP) is 4.01. The first-order chi connectivity index (χ1) is 18.5. The van der Waals surface area contributed by atoms with Crippen LogP contribution in [0.4, 0.5) is 5.13 Å². The van der Waals surface area contributed by atoms with Crippen molar-refractivity contribution in [2.75, 3.05) is 31.1 Å². The van der Waals surface area contributed by atoms with Crippen LogP contribution in [0.3, 0.4) is 0 Å². The highest BCUT2D eigenvalue weighted by molar-refractivity contribution is 8.04. The van der Waals surface area contributed by atoms with Crippen molar-refractivity contribution < 1.29 is 14.8 Å². The number of allylic oxidation sites excluding steroid dienone is 3. The molecule has 0 bridgehead atoms. The molecule has 1 atom stereocenters. The smallest absolute Gasteiger partial charge is 0.234 e. The summed E-state index contributed by atoms with van der Waals surface area (Å²) >= 11 is 2.97. The summed E-state index contributed by atoms with van der Waals surface area (Å²) in [6, 6.07) is 19.7. The Hall–Kier alpha value is -3.20. The first-order valence-electron chi connectivity index (χ1n) is 13.2. The molecule has 2 heterocycles. The fraction of sp³-hybridized carbons (Fsp3) is 0.300. The van der Waals surface area contributed by atoms with Gasteiger partial charge in [0.1, 0.15) is 0 Å². The number of ketones is 1. The minimum Gasteiger partial charge on any atom is -0.871 e. The molecule has 8 heteroatoms. The van der Waals surface area contributed by atoms with Crippen LogP contribution in [0.25, 0.3) is 16.8 Å². The molecule has 0 fully saturated rings. The summed E-state index contributed by atoms with van der Waals surface area (Å²) in [4.78, 5) is 28.6. The average molecular weight is 545 g/mol. The van der Waals surface area contributed by atoms with E-state index in [0.29, 0.717) is 15.5 Å². The Kier molecular flexibility index (Phi) is 7.83. The van der Waals surface area contributed by atoms with Gasteiger partial charge in [-0.1, -0.05) is 77.8 Å². The quantitative estimate of drug-likeness (QED) is 0.412. The zero-order valence-corrected chi connectivity index (χ0v) is 23.8. The second-order valence-electron chi connectivity index (χ2n) is 9.13. The van der Waals surface area contributed by atoms with Gasteiger partial charge in [0.2, 0.25) is 5.50 Å². The Morgan fingerprint density at radius 1 is 0.895 bits per heavy atom. The molecule has 1 aliphatic carbocycles. The van der Waals surface area contributed by atoms with Crippen LogP contribution in [0.5, 0.6) is 0 Å². The highest BCUT2D eigenvalue weighted by atomic mass is 32.2. The number of aromatic nitrogens is 1. The molecule has 0 amide bonds. The largest absolute Gasteiger partial charge is 0.871 e. The van der Waals surface area contributed by atoms with E-state index < -0.39 is 0 Å².